The summed E-state index contributed by atoms with van der Waals surface area (Å²) in [6.07, 6.45) is 1.60. The molecule has 0 fully saturated rings. The topological polar surface area (TPSA) is 120 Å². The summed E-state index contributed by atoms with van der Waals surface area (Å²) in [6.45, 7) is 8.40. The van der Waals surface area contributed by atoms with Crippen molar-refractivity contribution in [1.29, 1.82) is 0 Å². The second-order valence-corrected chi connectivity index (χ2v) is 10.8. The van der Waals surface area contributed by atoms with Crippen LogP contribution in [0.3, 0.4) is 0 Å². The number of allylic oxidation sites excluding steroid dienone is 1. The minimum Gasteiger partial charge on any atom is -0.496 e. The van der Waals surface area contributed by atoms with Crippen LogP contribution in [0, 0.1) is 17.0 Å². The lowest BCUT2D eigenvalue weighted by Gasteiger charge is -2.29. The molecule has 0 spiro atoms. The second-order valence-electron chi connectivity index (χ2n) is 9.78. The molecule has 0 bridgehead atoms. The Morgan fingerprint density at radius 2 is 1.90 bits per heavy atom. The highest BCUT2D eigenvalue weighted by atomic mass is 32.1. The van der Waals surface area contributed by atoms with E-state index in [-0.39, 0.29) is 17.2 Å². The molecule has 1 atom stereocenters. The Labute approximate surface area is 245 Å². The maximum Gasteiger partial charge on any atom is 0.280 e. The first-order valence-corrected chi connectivity index (χ1v) is 14.3. The molecular formula is C31H30N4O6S. The van der Waals surface area contributed by atoms with E-state index in [1.54, 1.807) is 62.3 Å². The number of thiazole rings is 1. The summed E-state index contributed by atoms with van der Waals surface area (Å²) in [5.74, 6) is 1.03. The number of amides is 1. The van der Waals surface area contributed by atoms with E-state index in [1.165, 1.54) is 22.0 Å². The number of likely N-dealkylation sites (N-methyl/N-ethyl adjacent to an activating group) is 1. The third kappa shape index (κ3) is 5.07. The van der Waals surface area contributed by atoms with Gasteiger partial charge in [-0.25, -0.2) is 4.99 Å². The Bertz CT molecular complexity index is 1910. The first-order chi connectivity index (χ1) is 20.2. The molecule has 2 aromatic carbocycles. The van der Waals surface area contributed by atoms with Crippen molar-refractivity contribution in [1.82, 2.24) is 9.47 Å². The van der Waals surface area contributed by atoms with E-state index in [4.69, 9.17) is 14.1 Å². The maximum absolute atomic E-state index is 14.0. The summed E-state index contributed by atoms with van der Waals surface area (Å²) in [4.78, 5) is 45.8. The van der Waals surface area contributed by atoms with Gasteiger partial charge in [0.05, 0.1) is 33.4 Å². The minimum atomic E-state index is -0.755. The standard InChI is InChI=1S/C31H30N4O6S/c1-6-33(7-2)30(37)27-19(4)32-31-34(28(27)22-10-8-9-11-24(22)40-5)29(36)26(42-31)17-20-13-15-25(41-20)21-14-12-18(3)16-23(21)35(38)39/h8-17,28H,6-7H2,1-5H3/b26-17+/t28-/m1/s1. The molecule has 5 rings (SSSR count). The molecule has 0 unspecified atom stereocenters. The molecule has 1 amide bonds. The number of para-hydroxylation sites is 1. The summed E-state index contributed by atoms with van der Waals surface area (Å²) >= 11 is 1.18. The van der Waals surface area contributed by atoms with Crippen LogP contribution in [0.25, 0.3) is 17.4 Å². The number of hydrogen-bond donors (Lipinski definition) is 0. The third-order valence-electron chi connectivity index (χ3n) is 7.25. The van der Waals surface area contributed by atoms with Crippen LogP contribution in [0.2, 0.25) is 0 Å². The lowest BCUT2D eigenvalue weighted by atomic mass is 9.94. The Balaban J connectivity index is 1.67. The minimum absolute atomic E-state index is 0.0621. The van der Waals surface area contributed by atoms with Gasteiger partial charge in [0.15, 0.2) is 4.80 Å². The number of carbonyl (C=O) groups is 1. The summed E-state index contributed by atoms with van der Waals surface area (Å²) in [7, 11) is 1.55. The molecule has 0 aliphatic carbocycles. The van der Waals surface area contributed by atoms with Crippen molar-refractivity contribution in [2.75, 3.05) is 20.2 Å². The molecular weight excluding hydrogens is 556 g/mol. The van der Waals surface area contributed by atoms with Crippen LogP contribution in [-0.4, -0.2) is 40.5 Å². The smallest absolute Gasteiger partial charge is 0.280 e. The Hall–Kier alpha value is -4.77. The van der Waals surface area contributed by atoms with Gasteiger partial charge in [-0.05, 0) is 57.5 Å². The van der Waals surface area contributed by atoms with Crippen molar-refractivity contribution in [3.8, 4) is 17.1 Å². The number of fused-ring (bicyclic) bond motifs is 1. The number of ether oxygens (including phenoxy) is 1. The Morgan fingerprint density at radius 1 is 1.17 bits per heavy atom. The summed E-state index contributed by atoms with van der Waals surface area (Å²) in [5, 5.41) is 11.6. The third-order valence-corrected chi connectivity index (χ3v) is 8.23. The first-order valence-electron chi connectivity index (χ1n) is 13.5. The van der Waals surface area contributed by atoms with Gasteiger partial charge in [-0.15, -0.1) is 0 Å². The fourth-order valence-corrected chi connectivity index (χ4v) is 6.19. The molecule has 3 heterocycles. The van der Waals surface area contributed by atoms with Gasteiger partial charge < -0.3 is 14.1 Å². The van der Waals surface area contributed by atoms with E-state index >= 15 is 0 Å². The molecule has 0 radical (unpaired) electrons. The number of furan rings is 1. The van der Waals surface area contributed by atoms with Crippen molar-refractivity contribution < 1.29 is 18.9 Å². The highest BCUT2D eigenvalue weighted by Gasteiger charge is 2.35. The van der Waals surface area contributed by atoms with Crippen LogP contribution < -0.4 is 19.6 Å². The predicted molar refractivity (Wildman–Crippen MR) is 160 cm³/mol. The molecule has 216 valence electrons. The molecule has 2 aromatic heterocycles. The highest BCUT2D eigenvalue weighted by Crippen LogP contribution is 2.36. The van der Waals surface area contributed by atoms with E-state index in [9.17, 15) is 19.7 Å². The monoisotopic (exact) mass is 586 g/mol. The first kappa shape index (κ1) is 28.7. The number of aryl methyl sites for hydroxylation is 1. The van der Waals surface area contributed by atoms with Crippen LogP contribution in [0.4, 0.5) is 5.69 Å². The Morgan fingerprint density at radius 3 is 2.60 bits per heavy atom. The molecule has 10 nitrogen and oxygen atoms in total. The molecule has 0 saturated heterocycles. The molecule has 1 aliphatic rings. The predicted octanol–water partition coefficient (Wildman–Crippen LogP) is 4.59. The van der Waals surface area contributed by atoms with Crippen molar-refractivity contribution in [3.63, 3.8) is 0 Å². The van der Waals surface area contributed by atoms with Crippen LogP contribution in [-0.2, 0) is 4.79 Å². The molecule has 11 heteroatoms. The highest BCUT2D eigenvalue weighted by molar-refractivity contribution is 7.07. The number of rotatable bonds is 8. The van der Waals surface area contributed by atoms with Crippen molar-refractivity contribution in [2.45, 2.75) is 33.7 Å². The van der Waals surface area contributed by atoms with Crippen molar-refractivity contribution >= 4 is 29.0 Å². The van der Waals surface area contributed by atoms with Crippen LogP contribution >= 0.6 is 11.3 Å². The fraction of sp³-hybridized carbons (Fsp3) is 0.258. The number of hydrogen-bond acceptors (Lipinski definition) is 8. The number of nitro benzene ring substituents is 1. The SMILES string of the molecule is CCN(CC)C(=O)C1=C(C)N=c2s/c(=C/c3ccc(-c4ccc(C)cc4[N+](=O)[O-])o3)c(=O)n2[C@@H]1c1ccccc1OC. The summed E-state index contributed by atoms with van der Waals surface area (Å²) in [6, 6.07) is 14.8. The van der Waals surface area contributed by atoms with E-state index in [2.05, 4.69) is 0 Å². The van der Waals surface area contributed by atoms with E-state index < -0.39 is 11.0 Å². The van der Waals surface area contributed by atoms with Gasteiger partial charge >= 0.3 is 0 Å². The van der Waals surface area contributed by atoms with Crippen molar-refractivity contribution in [2.24, 2.45) is 4.99 Å². The zero-order chi connectivity index (χ0) is 30.1. The summed E-state index contributed by atoms with van der Waals surface area (Å²) in [5.41, 5.74) is 2.32. The Kier molecular flexibility index (Phi) is 7.95. The zero-order valence-electron chi connectivity index (χ0n) is 23.9. The maximum atomic E-state index is 14.0. The van der Waals surface area contributed by atoms with Gasteiger partial charge in [-0.2, -0.15) is 0 Å². The van der Waals surface area contributed by atoms with Gasteiger partial charge in [-0.3, -0.25) is 24.3 Å². The van der Waals surface area contributed by atoms with E-state index in [0.717, 1.165) is 5.56 Å². The van der Waals surface area contributed by atoms with Gasteiger partial charge in [0.25, 0.3) is 17.2 Å². The zero-order valence-corrected chi connectivity index (χ0v) is 24.7. The normalized spacial score (nSPS) is 14.9. The van der Waals surface area contributed by atoms with Gasteiger partial charge in [0.1, 0.15) is 23.3 Å². The number of nitrogens with zero attached hydrogens (tertiary/aromatic N) is 4. The van der Waals surface area contributed by atoms with Crippen molar-refractivity contribution in [3.05, 3.63) is 113 Å². The van der Waals surface area contributed by atoms with Gasteiger partial charge in [0.2, 0.25) is 0 Å². The van der Waals surface area contributed by atoms with Crippen LogP contribution in [0.1, 0.15) is 43.7 Å². The second kappa shape index (κ2) is 11.6. The molecule has 0 N–H and O–H groups in total. The largest absolute Gasteiger partial charge is 0.496 e. The number of aromatic nitrogens is 1. The van der Waals surface area contributed by atoms with Crippen LogP contribution in [0.15, 0.2) is 80.1 Å². The van der Waals surface area contributed by atoms with E-state index in [1.807, 2.05) is 32.0 Å². The lowest BCUT2D eigenvalue weighted by molar-refractivity contribution is -0.384. The van der Waals surface area contributed by atoms with Crippen LogP contribution in [0.5, 0.6) is 5.75 Å². The fourth-order valence-electron chi connectivity index (χ4n) is 5.17. The number of nitro groups is 1. The lowest BCUT2D eigenvalue weighted by Crippen LogP contribution is -2.43. The van der Waals surface area contributed by atoms with E-state index in [0.29, 0.717) is 62.1 Å². The van der Waals surface area contributed by atoms with Gasteiger partial charge in [-0.1, -0.05) is 35.6 Å². The molecule has 4 aromatic rings. The quantitative estimate of drug-likeness (QED) is 0.220. The molecule has 0 saturated carbocycles. The number of methoxy groups -OCH3 is 1. The molecule has 42 heavy (non-hydrogen) atoms. The van der Waals surface area contributed by atoms with Gasteiger partial charge in [0, 0.05) is 30.8 Å². The average Bonchev–Trinajstić information content (AvgIpc) is 3.56. The summed E-state index contributed by atoms with van der Waals surface area (Å²) < 4.78 is 13.5. The average molecular weight is 587 g/mol. The number of carbonyl (C=O) groups excluding carboxylic acids is 1. The molecule has 1 aliphatic heterocycles. The number of benzene rings is 2.